The second-order valence-corrected chi connectivity index (χ2v) is 2.94. The van der Waals surface area contributed by atoms with E-state index in [9.17, 15) is 4.79 Å². The Kier molecular flexibility index (Phi) is 6.59. The summed E-state index contributed by atoms with van der Waals surface area (Å²) in [7, 11) is 0. The van der Waals surface area contributed by atoms with E-state index in [1.165, 1.54) is 0 Å². The molecule has 3 heteroatoms. The molecule has 1 fully saturated rings. The average Bonchev–Trinajstić information content (AvgIpc) is 2.21. The third-order valence-electron chi connectivity index (χ3n) is 2.26. The van der Waals surface area contributed by atoms with Gasteiger partial charge in [-0.3, -0.25) is 4.79 Å². The molecule has 1 saturated heterocycles. The van der Waals surface area contributed by atoms with Gasteiger partial charge in [0.2, 0.25) is 5.91 Å². The molecule has 1 rings (SSSR count). The van der Waals surface area contributed by atoms with Crippen molar-refractivity contribution in [1.29, 1.82) is 0 Å². The Labute approximate surface area is 81.7 Å². The number of carbonyl (C=O) groups is 1. The minimum absolute atomic E-state index is 0.209. The molecule has 1 aliphatic heterocycles. The number of hydrogen-bond acceptors (Lipinski definition) is 2. The zero-order valence-electron chi connectivity index (χ0n) is 9.34. The number of hydrogen-bond donors (Lipinski definition) is 0. The minimum Gasteiger partial charge on any atom is -0.340 e. The molecule has 0 aromatic carbocycles. The summed E-state index contributed by atoms with van der Waals surface area (Å²) in [5.41, 5.74) is 0. The summed E-state index contributed by atoms with van der Waals surface area (Å²) >= 11 is 0. The van der Waals surface area contributed by atoms with Crippen LogP contribution in [0.25, 0.3) is 0 Å². The molecule has 0 N–H and O–H groups in total. The van der Waals surface area contributed by atoms with Gasteiger partial charge in [0.25, 0.3) is 0 Å². The van der Waals surface area contributed by atoms with Crippen LogP contribution < -0.4 is 0 Å². The van der Waals surface area contributed by atoms with Gasteiger partial charge in [-0.2, -0.15) is 0 Å². The van der Waals surface area contributed by atoms with Gasteiger partial charge >= 0.3 is 0 Å². The standard InChI is InChI=1S/C8H16N2O.C2H6/c1-3-9-4-6-10(7-5-9)8(2)11;1-2/h3-7H2,1-2H3;1-2H3. The highest BCUT2D eigenvalue weighted by Crippen LogP contribution is 2.00. The first-order valence-corrected chi connectivity index (χ1v) is 5.22. The summed E-state index contributed by atoms with van der Waals surface area (Å²) in [5.74, 6) is 0.209. The molecule has 1 heterocycles. The predicted molar refractivity (Wildman–Crippen MR) is 55.7 cm³/mol. The van der Waals surface area contributed by atoms with E-state index in [2.05, 4.69) is 11.8 Å². The molecule has 0 spiro atoms. The highest BCUT2D eigenvalue weighted by atomic mass is 16.2. The summed E-state index contributed by atoms with van der Waals surface area (Å²) in [4.78, 5) is 15.2. The van der Waals surface area contributed by atoms with Gasteiger partial charge in [-0.25, -0.2) is 0 Å². The van der Waals surface area contributed by atoms with Crippen molar-refractivity contribution in [3.63, 3.8) is 0 Å². The average molecular weight is 186 g/mol. The highest BCUT2D eigenvalue weighted by molar-refractivity contribution is 5.73. The lowest BCUT2D eigenvalue weighted by molar-refractivity contribution is -0.130. The normalized spacial score (nSPS) is 17.7. The molecule has 0 radical (unpaired) electrons. The number of likely N-dealkylation sites (N-methyl/N-ethyl adjacent to an activating group) is 1. The van der Waals surface area contributed by atoms with E-state index in [0.717, 1.165) is 32.7 Å². The molecule has 0 atom stereocenters. The van der Waals surface area contributed by atoms with E-state index in [1.807, 2.05) is 18.7 Å². The van der Waals surface area contributed by atoms with Gasteiger partial charge in [0, 0.05) is 33.1 Å². The van der Waals surface area contributed by atoms with E-state index in [4.69, 9.17) is 0 Å². The van der Waals surface area contributed by atoms with Crippen molar-refractivity contribution in [2.45, 2.75) is 27.7 Å². The Morgan fingerprint density at radius 1 is 1.15 bits per heavy atom. The number of carbonyl (C=O) groups excluding carboxylic acids is 1. The molecule has 0 saturated carbocycles. The van der Waals surface area contributed by atoms with Gasteiger partial charge in [-0.1, -0.05) is 20.8 Å². The fourth-order valence-corrected chi connectivity index (χ4v) is 1.38. The maximum Gasteiger partial charge on any atom is 0.219 e. The minimum atomic E-state index is 0.209. The summed E-state index contributed by atoms with van der Waals surface area (Å²) in [6.07, 6.45) is 0. The van der Waals surface area contributed by atoms with Gasteiger partial charge in [0.1, 0.15) is 0 Å². The first kappa shape index (κ1) is 12.4. The molecule has 1 aliphatic rings. The van der Waals surface area contributed by atoms with E-state index in [0.29, 0.717) is 0 Å². The van der Waals surface area contributed by atoms with Crippen LogP contribution in [0.3, 0.4) is 0 Å². The molecule has 0 unspecified atom stereocenters. The second-order valence-electron chi connectivity index (χ2n) is 2.94. The van der Waals surface area contributed by atoms with Crippen LogP contribution in [-0.2, 0) is 4.79 Å². The number of piperazine rings is 1. The molecule has 13 heavy (non-hydrogen) atoms. The first-order chi connectivity index (χ1) is 6.24. The van der Waals surface area contributed by atoms with Crippen LogP contribution >= 0.6 is 0 Å². The fourth-order valence-electron chi connectivity index (χ4n) is 1.38. The molecule has 3 nitrogen and oxygen atoms in total. The third-order valence-corrected chi connectivity index (χ3v) is 2.26. The van der Waals surface area contributed by atoms with E-state index in [-0.39, 0.29) is 5.91 Å². The maximum atomic E-state index is 10.9. The Hall–Kier alpha value is -0.570. The van der Waals surface area contributed by atoms with E-state index in [1.54, 1.807) is 6.92 Å². The monoisotopic (exact) mass is 186 g/mol. The van der Waals surface area contributed by atoms with E-state index < -0.39 is 0 Å². The molecular formula is C10H22N2O. The van der Waals surface area contributed by atoms with Gasteiger partial charge in [0.15, 0.2) is 0 Å². The zero-order valence-corrected chi connectivity index (χ0v) is 9.34. The van der Waals surface area contributed by atoms with Crippen molar-refractivity contribution in [2.24, 2.45) is 0 Å². The Balaban J connectivity index is 0.000000671. The second kappa shape index (κ2) is 6.89. The number of rotatable bonds is 1. The molecule has 1 amide bonds. The lowest BCUT2D eigenvalue weighted by Gasteiger charge is -2.33. The lowest BCUT2D eigenvalue weighted by Crippen LogP contribution is -2.47. The van der Waals surface area contributed by atoms with Crippen LogP contribution in [0, 0.1) is 0 Å². The Morgan fingerprint density at radius 2 is 1.62 bits per heavy atom. The fraction of sp³-hybridized carbons (Fsp3) is 0.900. The summed E-state index contributed by atoms with van der Waals surface area (Å²) in [5, 5.41) is 0. The number of amides is 1. The summed E-state index contributed by atoms with van der Waals surface area (Å²) < 4.78 is 0. The van der Waals surface area contributed by atoms with Crippen LogP contribution in [0.4, 0.5) is 0 Å². The van der Waals surface area contributed by atoms with Crippen molar-refractivity contribution < 1.29 is 4.79 Å². The van der Waals surface area contributed by atoms with Crippen molar-refractivity contribution in [1.82, 2.24) is 9.80 Å². The Morgan fingerprint density at radius 3 is 1.92 bits per heavy atom. The molecule has 0 aromatic rings. The number of nitrogens with zero attached hydrogens (tertiary/aromatic N) is 2. The molecule has 78 valence electrons. The predicted octanol–water partition coefficient (Wildman–Crippen LogP) is 1.20. The third kappa shape index (κ3) is 4.27. The SMILES string of the molecule is CC.CCN1CCN(C(C)=O)CC1. The van der Waals surface area contributed by atoms with Crippen molar-refractivity contribution >= 4 is 5.91 Å². The summed E-state index contributed by atoms with van der Waals surface area (Å²) in [6, 6.07) is 0. The zero-order chi connectivity index (χ0) is 10.3. The lowest BCUT2D eigenvalue weighted by atomic mass is 10.3. The molecule has 0 aliphatic carbocycles. The summed E-state index contributed by atoms with van der Waals surface area (Å²) in [6.45, 7) is 12.8. The van der Waals surface area contributed by atoms with Crippen LogP contribution in [0.15, 0.2) is 0 Å². The van der Waals surface area contributed by atoms with Gasteiger partial charge in [-0.15, -0.1) is 0 Å². The smallest absolute Gasteiger partial charge is 0.219 e. The van der Waals surface area contributed by atoms with Crippen LogP contribution in [0.2, 0.25) is 0 Å². The first-order valence-electron chi connectivity index (χ1n) is 5.22. The quantitative estimate of drug-likeness (QED) is 0.614. The maximum absolute atomic E-state index is 10.9. The van der Waals surface area contributed by atoms with Crippen molar-refractivity contribution in [2.75, 3.05) is 32.7 Å². The van der Waals surface area contributed by atoms with Gasteiger partial charge in [0.05, 0.1) is 0 Å². The van der Waals surface area contributed by atoms with E-state index >= 15 is 0 Å². The van der Waals surface area contributed by atoms with Gasteiger partial charge < -0.3 is 9.80 Å². The largest absolute Gasteiger partial charge is 0.340 e. The highest BCUT2D eigenvalue weighted by Gasteiger charge is 2.16. The van der Waals surface area contributed by atoms with Crippen molar-refractivity contribution in [3.05, 3.63) is 0 Å². The van der Waals surface area contributed by atoms with Crippen LogP contribution in [0.1, 0.15) is 27.7 Å². The topological polar surface area (TPSA) is 23.6 Å². The van der Waals surface area contributed by atoms with Gasteiger partial charge in [-0.05, 0) is 6.54 Å². The molecule has 0 bridgehead atoms. The molecular weight excluding hydrogens is 164 g/mol. The van der Waals surface area contributed by atoms with Crippen LogP contribution in [-0.4, -0.2) is 48.4 Å². The van der Waals surface area contributed by atoms with Crippen LogP contribution in [0.5, 0.6) is 0 Å². The Bertz CT molecular complexity index is 140. The van der Waals surface area contributed by atoms with Crippen molar-refractivity contribution in [3.8, 4) is 0 Å². The molecule has 0 aromatic heterocycles.